The summed E-state index contributed by atoms with van der Waals surface area (Å²) in [7, 11) is 1.99. The van der Waals surface area contributed by atoms with E-state index in [2.05, 4.69) is 35.4 Å². The van der Waals surface area contributed by atoms with Gasteiger partial charge in [0.15, 0.2) is 0 Å². The molecule has 1 aliphatic heterocycles. The van der Waals surface area contributed by atoms with Crippen LogP contribution >= 0.6 is 0 Å². The number of nitrogens with one attached hydrogen (secondary N) is 1. The molecule has 5 heteroatoms. The lowest BCUT2D eigenvalue weighted by molar-refractivity contribution is 0.146. The molecular formula is C16H30N4O. The molecule has 2 N–H and O–H groups in total. The highest BCUT2D eigenvalue weighted by atomic mass is 16.3. The Morgan fingerprint density at radius 2 is 2.10 bits per heavy atom. The molecule has 1 aromatic heterocycles. The summed E-state index contributed by atoms with van der Waals surface area (Å²) < 4.78 is 1.92. The van der Waals surface area contributed by atoms with E-state index in [1.54, 1.807) is 0 Å². The van der Waals surface area contributed by atoms with E-state index in [1.807, 2.05) is 11.7 Å². The molecule has 0 aromatic carbocycles. The van der Waals surface area contributed by atoms with Crippen molar-refractivity contribution in [3.05, 3.63) is 17.5 Å². The van der Waals surface area contributed by atoms with Crippen molar-refractivity contribution in [1.82, 2.24) is 20.0 Å². The predicted octanol–water partition coefficient (Wildman–Crippen LogP) is 1.34. The normalized spacial score (nSPS) is 17.8. The van der Waals surface area contributed by atoms with Crippen molar-refractivity contribution in [2.75, 3.05) is 32.8 Å². The molecule has 0 amide bonds. The number of aliphatic hydroxyl groups excluding tert-OH is 1. The van der Waals surface area contributed by atoms with Gasteiger partial charge in [0, 0.05) is 31.9 Å². The molecule has 5 nitrogen and oxygen atoms in total. The van der Waals surface area contributed by atoms with Crippen molar-refractivity contribution in [3.8, 4) is 0 Å². The van der Waals surface area contributed by atoms with Crippen LogP contribution in [0.4, 0.5) is 0 Å². The second-order valence-corrected chi connectivity index (χ2v) is 6.51. The quantitative estimate of drug-likeness (QED) is 0.797. The molecule has 120 valence electrons. The number of nitrogens with zero attached hydrogens (tertiary/aromatic N) is 3. The minimum Gasteiger partial charge on any atom is -0.395 e. The Hall–Kier alpha value is -0.910. The Bertz CT molecular complexity index is 422. The topological polar surface area (TPSA) is 53.3 Å². The van der Waals surface area contributed by atoms with Crippen molar-refractivity contribution < 1.29 is 5.11 Å². The molecule has 0 spiro atoms. The van der Waals surface area contributed by atoms with Crippen molar-refractivity contribution >= 4 is 0 Å². The van der Waals surface area contributed by atoms with Crippen LogP contribution in [0, 0.1) is 5.92 Å². The minimum absolute atomic E-state index is 0.280. The van der Waals surface area contributed by atoms with Crippen molar-refractivity contribution in [2.45, 2.75) is 39.2 Å². The Labute approximate surface area is 128 Å². The van der Waals surface area contributed by atoms with Crippen molar-refractivity contribution in [3.63, 3.8) is 0 Å². The first-order chi connectivity index (χ1) is 10.1. The molecule has 0 aliphatic carbocycles. The van der Waals surface area contributed by atoms with Gasteiger partial charge in [-0.3, -0.25) is 4.68 Å². The van der Waals surface area contributed by atoms with Crippen LogP contribution in [-0.4, -0.2) is 52.6 Å². The second-order valence-electron chi connectivity index (χ2n) is 6.51. The number of β-amino-alcohol motifs (C(OH)–C–C–N with tert-alkyl or cyclic N) is 1. The van der Waals surface area contributed by atoms with Gasteiger partial charge in [0.2, 0.25) is 0 Å². The highest BCUT2D eigenvalue weighted by Gasteiger charge is 2.18. The van der Waals surface area contributed by atoms with Gasteiger partial charge in [-0.05, 0) is 44.3 Å². The highest BCUT2D eigenvalue weighted by molar-refractivity contribution is 5.19. The zero-order valence-corrected chi connectivity index (χ0v) is 13.7. The SMILES string of the molecule is CC(C)c1nn(C)cc1CNCC1CCN(CCO)CC1. The molecule has 0 atom stereocenters. The molecule has 0 saturated carbocycles. The number of hydrogen-bond acceptors (Lipinski definition) is 4. The molecule has 2 rings (SSSR count). The zero-order valence-electron chi connectivity index (χ0n) is 13.7. The first kappa shape index (κ1) is 16.5. The van der Waals surface area contributed by atoms with Gasteiger partial charge in [-0.2, -0.15) is 5.10 Å². The van der Waals surface area contributed by atoms with E-state index in [0.717, 1.165) is 38.6 Å². The van der Waals surface area contributed by atoms with E-state index < -0.39 is 0 Å². The van der Waals surface area contributed by atoms with Gasteiger partial charge in [-0.1, -0.05) is 13.8 Å². The monoisotopic (exact) mass is 294 g/mol. The van der Waals surface area contributed by atoms with Gasteiger partial charge in [0.05, 0.1) is 12.3 Å². The van der Waals surface area contributed by atoms with Crippen LogP contribution in [0.2, 0.25) is 0 Å². The van der Waals surface area contributed by atoms with Crippen LogP contribution in [0.15, 0.2) is 6.20 Å². The average Bonchev–Trinajstić information content (AvgIpc) is 2.82. The largest absolute Gasteiger partial charge is 0.395 e. The van der Waals surface area contributed by atoms with Crippen LogP contribution in [0.1, 0.15) is 43.9 Å². The Balaban J connectivity index is 1.73. The fraction of sp³-hybridized carbons (Fsp3) is 0.812. The fourth-order valence-electron chi connectivity index (χ4n) is 3.14. The molecule has 0 unspecified atom stereocenters. The summed E-state index contributed by atoms with van der Waals surface area (Å²) in [5.41, 5.74) is 2.54. The molecule has 1 aromatic rings. The second kappa shape index (κ2) is 7.92. The first-order valence-electron chi connectivity index (χ1n) is 8.16. The first-order valence-corrected chi connectivity index (χ1v) is 8.16. The molecule has 1 saturated heterocycles. The van der Waals surface area contributed by atoms with Gasteiger partial charge >= 0.3 is 0 Å². The zero-order chi connectivity index (χ0) is 15.2. The van der Waals surface area contributed by atoms with Crippen LogP contribution < -0.4 is 5.32 Å². The van der Waals surface area contributed by atoms with E-state index in [4.69, 9.17) is 5.11 Å². The molecule has 2 heterocycles. The van der Waals surface area contributed by atoms with Crippen LogP contribution in [-0.2, 0) is 13.6 Å². The van der Waals surface area contributed by atoms with Gasteiger partial charge in [-0.15, -0.1) is 0 Å². The summed E-state index contributed by atoms with van der Waals surface area (Å²) in [4.78, 5) is 2.36. The summed E-state index contributed by atoms with van der Waals surface area (Å²) in [6, 6.07) is 0. The van der Waals surface area contributed by atoms with E-state index >= 15 is 0 Å². The summed E-state index contributed by atoms with van der Waals surface area (Å²) in [5.74, 6) is 1.24. The number of aromatic nitrogens is 2. The summed E-state index contributed by atoms with van der Waals surface area (Å²) >= 11 is 0. The van der Waals surface area contributed by atoms with E-state index in [-0.39, 0.29) is 6.61 Å². The van der Waals surface area contributed by atoms with Crippen molar-refractivity contribution in [1.29, 1.82) is 0 Å². The van der Waals surface area contributed by atoms with E-state index in [9.17, 15) is 0 Å². The fourth-order valence-corrected chi connectivity index (χ4v) is 3.14. The number of hydrogen-bond donors (Lipinski definition) is 2. The third kappa shape index (κ3) is 4.80. The molecular weight excluding hydrogens is 264 g/mol. The lowest BCUT2D eigenvalue weighted by atomic mass is 9.96. The molecule has 21 heavy (non-hydrogen) atoms. The Morgan fingerprint density at radius 3 is 2.71 bits per heavy atom. The third-order valence-corrected chi connectivity index (χ3v) is 4.36. The van der Waals surface area contributed by atoms with Crippen LogP contribution in [0.25, 0.3) is 0 Å². The number of piperidine rings is 1. The standard InChI is InChI=1S/C16H30N4O/c1-13(2)16-15(12-19(3)18-16)11-17-10-14-4-6-20(7-5-14)8-9-21/h12-14,17,21H,4-11H2,1-3H3. The Morgan fingerprint density at radius 1 is 1.38 bits per heavy atom. The average molecular weight is 294 g/mol. The minimum atomic E-state index is 0.280. The van der Waals surface area contributed by atoms with E-state index in [1.165, 1.54) is 24.1 Å². The summed E-state index contributed by atoms with van der Waals surface area (Å²) in [5, 5.41) is 17.1. The molecule has 0 radical (unpaired) electrons. The lowest BCUT2D eigenvalue weighted by Crippen LogP contribution is -2.38. The lowest BCUT2D eigenvalue weighted by Gasteiger charge is -2.31. The molecule has 1 aliphatic rings. The number of aryl methyl sites for hydroxylation is 1. The smallest absolute Gasteiger partial charge is 0.0694 e. The van der Waals surface area contributed by atoms with Gasteiger partial charge in [0.1, 0.15) is 0 Å². The number of rotatable bonds is 7. The summed E-state index contributed by atoms with van der Waals surface area (Å²) in [6.45, 7) is 9.74. The number of likely N-dealkylation sites (tertiary alicyclic amines) is 1. The summed E-state index contributed by atoms with van der Waals surface area (Å²) in [6.07, 6.45) is 4.60. The highest BCUT2D eigenvalue weighted by Crippen LogP contribution is 2.18. The van der Waals surface area contributed by atoms with Gasteiger partial charge in [0.25, 0.3) is 0 Å². The van der Waals surface area contributed by atoms with Gasteiger partial charge < -0.3 is 15.3 Å². The third-order valence-electron chi connectivity index (χ3n) is 4.36. The van der Waals surface area contributed by atoms with Crippen LogP contribution in [0.3, 0.4) is 0 Å². The predicted molar refractivity (Wildman–Crippen MR) is 85.3 cm³/mol. The Kier molecular flexibility index (Phi) is 6.21. The molecule has 1 fully saturated rings. The maximum Gasteiger partial charge on any atom is 0.0694 e. The molecule has 0 bridgehead atoms. The van der Waals surface area contributed by atoms with Crippen LogP contribution in [0.5, 0.6) is 0 Å². The number of aliphatic hydroxyl groups is 1. The van der Waals surface area contributed by atoms with Gasteiger partial charge in [-0.25, -0.2) is 0 Å². The van der Waals surface area contributed by atoms with Crippen molar-refractivity contribution in [2.24, 2.45) is 13.0 Å². The van der Waals surface area contributed by atoms with E-state index in [0.29, 0.717) is 5.92 Å². The maximum absolute atomic E-state index is 8.96. The maximum atomic E-state index is 8.96.